The zero-order valence-electron chi connectivity index (χ0n) is 11.2. The summed E-state index contributed by atoms with van der Waals surface area (Å²) in [5.74, 6) is 0.728. The molecule has 0 spiro atoms. The maximum atomic E-state index is 11.7. The van der Waals surface area contributed by atoms with Crippen LogP contribution >= 0.6 is 15.9 Å². The summed E-state index contributed by atoms with van der Waals surface area (Å²) in [6.07, 6.45) is 0.323. The number of rotatable bonds is 5. The van der Waals surface area contributed by atoms with E-state index >= 15 is 0 Å². The van der Waals surface area contributed by atoms with E-state index in [-0.39, 0.29) is 5.91 Å². The zero-order chi connectivity index (χ0) is 14.4. The first-order valence-electron chi connectivity index (χ1n) is 6.38. The van der Waals surface area contributed by atoms with Crippen LogP contribution in [0.15, 0.2) is 53.0 Å². The summed E-state index contributed by atoms with van der Waals surface area (Å²) in [7, 11) is 0. The average Bonchev–Trinajstić information content (AvgIpc) is 2.44. The van der Waals surface area contributed by atoms with Crippen LogP contribution in [-0.2, 0) is 4.79 Å². The SMILES string of the molecule is Cc1ccc(OCCC(=O)Nc2ccc(Br)cc2)cc1. The highest BCUT2D eigenvalue weighted by atomic mass is 79.9. The molecule has 3 nitrogen and oxygen atoms in total. The van der Waals surface area contributed by atoms with Crippen molar-refractivity contribution in [3.8, 4) is 5.75 Å². The highest BCUT2D eigenvalue weighted by Crippen LogP contribution is 2.15. The Bertz CT molecular complexity index is 564. The number of nitrogens with one attached hydrogen (secondary N) is 1. The lowest BCUT2D eigenvalue weighted by molar-refractivity contribution is -0.116. The predicted octanol–water partition coefficient (Wildman–Crippen LogP) is 4.17. The number of hydrogen-bond donors (Lipinski definition) is 1. The van der Waals surface area contributed by atoms with Gasteiger partial charge in [-0.25, -0.2) is 0 Å². The van der Waals surface area contributed by atoms with E-state index < -0.39 is 0 Å². The molecule has 20 heavy (non-hydrogen) atoms. The molecule has 0 fully saturated rings. The number of ether oxygens (including phenoxy) is 1. The molecule has 1 N–H and O–H groups in total. The third-order valence-corrected chi connectivity index (χ3v) is 3.28. The van der Waals surface area contributed by atoms with Crippen LogP contribution in [0.3, 0.4) is 0 Å². The van der Waals surface area contributed by atoms with Crippen molar-refractivity contribution < 1.29 is 9.53 Å². The van der Waals surface area contributed by atoms with Gasteiger partial charge in [0.05, 0.1) is 13.0 Å². The van der Waals surface area contributed by atoms with Crippen LogP contribution < -0.4 is 10.1 Å². The van der Waals surface area contributed by atoms with Gasteiger partial charge in [-0.15, -0.1) is 0 Å². The molecule has 0 aliphatic heterocycles. The molecule has 0 unspecified atom stereocenters. The van der Waals surface area contributed by atoms with Gasteiger partial charge >= 0.3 is 0 Å². The van der Waals surface area contributed by atoms with Crippen LogP contribution in [0.2, 0.25) is 0 Å². The molecule has 0 aliphatic carbocycles. The number of carbonyl (C=O) groups is 1. The molecule has 0 aromatic heterocycles. The van der Waals surface area contributed by atoms with Crippen molar-refractivity contribution in [1.82, 2.24) is 0 Å². The average molecular weight is 334 g/mol. The number of carbonyl (C=O) groups excluding carboxylic acids is 1. The molecular formula is C16H16BrNO2. The summed E-state index contributed by atoms with van der Waals surface area (Å²) in [4.78, 5) is 11.7. The van der Waals surface area contributed by atoms with Crippen molar-refractivity contribution in [2.45, 2.75) is 13.3 Å². The molecule has 2 rings (SSSR count). The monoisotopic (exact) mass is 333 g/mol. The fourth-order valence-corrected chi connectivity index (χ4v) is 1.92. The fourth-order valence-electron chi connectivity index (χ4n) is 1.65. The first-order chi connectivity index (χ1) is 9.63. The Kier molecular flexibility index (Phi) is 5.18. The molecule has 0 radical (unpaired) electrons. The van der Waals surface area contributed by atoms with Crippen LogP contribution in [0.1, 0.15) is 12.0 Å². The van der Waals surface area contributed by atoms with Crippen molar-refractivity contribution in [2.24, 2.45) is 0 Å². The minimum absolute atomic E-state index is 0.0561. The Morgan fingerprint density at radius 1 is 1.10 bits per heavy atom. The molecule has 104 valence electrons. The zero-order valence-corrected chi connectivity index (χ0v) is 12.8. The van der Waals surface area contributed by atoms with Crippen molar-refractivity contribution in [1.29, 1.82) is 0 Å². The van der Waals surface area contributed by atoms with Crippen LogP contribution in [0, 0.1) is 6.92 Å². The molecule has 0 bridgehead atoms. The number of amides is 1. The number of aryl methyl sites for hydroxylation is 1. The Labute approximate surface area is 127 Å². The van der Waals surface area contributed by atoms with E-state index in [0.29, 0.717) is 13.0 Å². The van der Waals surface area contributed by atoms with Gasteiger partial charge in [-0.3, -0.25) is 4.79 Å². The van der Waals surface area contributed by atoms with Gasteiger partial charge in [0.1, 0.15) is 5.75 Å². The van der Waals surface area contributed by atoms with Gasteiger partial charge in [-0.05, 0) is 43.3 Å². The van der Waals surface area contributed by atoms with Gasteiger partial charge < -0.3 is 10.1 Å². The summed E-state index contributed by atoms with van der Waals surface area (Å²) in [6, 6.07) is 15.3. The first kappa shape index (κ1) is 14.6. The van der Waals surface area contributed by atoms with E-state index in [1.54, 1.807) is 0 Å². The van der Waals surface area contributed by atoms with Crippen LogP contribution in [0.25, 0.3) is 0 Å². The van der Waals surface area contributed by atoms with Gasteiger partial charge in [-0.1, -0.05) is 33.6 Å². The molecule has 0 saturated carbocycles. The van der Waals surface area contributed by atoms with E-state index in [4.69, 9.17) is 4.74 Å². The highest BCUT2D eigenvalue weighted by Gasteiger charge is 2.03. The van der Waals surface area contributed by atoms with Gasteiger partial charge in [-0.2, -0.15) is 0 Å². The minimum atomic E-state index is -0.0561. The van der Waals surface area contributed by atoms with Crippen molar-refractivity contribution in [2.75, 3.05) is 11.9 Å². The molecule has 4 heteroatoms. The van der Waals surface area contributed by atoms with Crippen LogP contribution in [-0.4, -0.2) is 12.5 Å². The van der Waals surface area contributed by atoms with E-state index in [2.05, 4.69) is 21.2 Å². The number of hydrogen-bond acceptors (Lipinski definition) is 2. The minimum Gasteiger partial charge on any atom is -0.493 e. The second kappa shape index (κ2) is 7.10. The standard InChI is InChI=1S/C16H16BrNO2/c1-12-2-8-15(9-3-12)20-11-10-16(19)18-14-6-4-13(17)5-7-14/h2-9H,10-11H2,1H3,(H,18,19). The summed E-state index contributed by atoms with van der Waals surface area (Å²) in [5, 5.41) is 2.82. The lowest BCUT2D eigenvalue weighted by Crippen LogP contribution is -2.15. The Morgan fingerprint density at radius 2 is 1.75 bits per heavy atom. The maximum absolute atomic E-state index is 11.7. The third kappa shape index (κ3) is 4.70. The fraction of sp³-hybridized carbons (Fsp3) is 0.188. The normalized spacial score (nSPS) is 10.1. The van der Waals surface area contributed by atoms with Crippen molar-refractivity contribution in [3.63, 3.8) is 0 Å². The van der Waals surface area contributed by atoms with Crippen molar-refractivity contribution in [3.05, 3.63) is 58.6 Å². The Hall–Kier alpha value is -1.81. The Balaban J connectivity index is 1.75. The lowest BCUT2D eigenvalue weighted by atomic mass is 10.2. The number of benzene rings is 2. The van der Waals surface area contributed by atoms with E-state index in [1.807, 2.05) is 55.5 Å². The highest BCUT2D eigenvalue weighted by molar-refractivity contribution is 9.10. The van der Waals surface area contributed by atoms with Gasteiger partial charge in [0.2, 0.25) is 5.91 Å². The number of halogens is 1. The maximum Gasteiger partial charge on any atom is 0.227 e. The van der Waals surface area contributed by atoms with E-state index in [0.717, 1.165) is 15.9 Å². The molecule has 2 aromatic carbocycles. The molecule has 0 atom stereocenters. The largest absolute Gasteiger partial charge is 0.493 e. The quantitative estimate of drug-likeness (QED) is 0.891. The molecule has 0 saturated heterocycles. The lowest BCUT2D eigenvalue weighted by Gasteiger charge is -2.07. The van der Waals surface area contributed by atoms with Gasteiger partial charge in [0.25, 0.3) is 0 Å². The summed E-state index contributed by atoms with van der Waals surface area (Å²) in [6.45, 7) is 2.39. The molecule has 2 aromatic rings. The summed E-state index contributed by atoms with van der Waals surface area (Å²) >= 11 is 3.35. The topological polar surface area (TPSA) is 38.3 Å². The van der Waals surface area contributed by atoms with Gasteiger partial charge in [0.15, 0.2) is 0 Å². The second-order valence-corrected chi connectivity index (χ2v) is 5.38. The summed E-state index contributed by atoms with van der Waals surface area (Å²) < 4.78 is 6.50. The molecule has 0 heterocycles. The smallest absolute Gasteiger partial charge is 0.227 e. The van der Waals surface area contributed by atoms with E-state index in [1.165, 1.54) is 5.56 Å². The van der Waals surface area contributed by atoms with Crippen molar-refractivity contribution >= 4 is 27.5 Å². The van der Waals surface area contributed by atoms with Crippen LogP contribution in [0.5, 0.6) is 5.75 Å². The predicted molar refractivity (Wildman–Crippen MR) is 84.1 cm³/mol. The molecule has 0 aliphatic rings. The van der Waals surface area contributed by atoms with Crippen LogP contribution in [0.4, 0.5) is 5.69 Å². The third-order valence-electron chi connectivity index (χ3n) is 2.75. The molecule has 1 amide bonds. The number of anilines is 1. The molecular weight excluding hydrogens is 318 g/mol. The Morgan fingerprint density at radius 3 is 2.40 bits per heavy atom. The van der Waals surface area contributed by atoms with E-state index in [9.17, 15) is 4.79 Å². The van der Waals surface area contributed by atoms with Gasteiger partial charge in [0, 0.05) is 10.2 Å². The first-order valence-corrected chi connectivity index (χ1v) is 7.18. The second-order valence-electron chi connectivity index (χ2n) is 4.47. The summed E-state index contributed by atoms with van der Waals surface area (Å²) in [5.41, 5.74) is 1.97.